The standard InChI is InChI=1S/C36H59N7O10/c1-9-20(6)28(42-30(46)24(37)17-44)34(50)40-26(16-23-13-11-10-12-14-23)32(48)43-29(22(8)45)35(51)39-25(15-18(2)3)31(47)41-27(19(4)5)33(49)38-21(7)36(52)53/h10-14,18-22,24-29,44-45H,9,15-17,37H2,1-8H3,(H,38,49)(H,39,51)(H,40,50)(H,41,47)(H,42,46)(H,43,48)(H,52,53). The molecule has 1 rings (SSSR count). The molecule has 9 atom stereocenters. The fraction of sp³-hybridized carbons (Fsp3) is 0.639. The molecule has 9 unspecified atom stereocenters. The van der Waals surface area contributed by atoms with Crippen molar-refractivity contribution < 1.29 is 48.9 Å². The first-order valence-corrected chi connectivity index (χ1v) is 17.9. The quantitative estimate of drug-likeness (QED) is 0.0665. The summed E-state index contributed by atoms with van der Waals surface area (Å²) in [6.45, 7) is 12.3. The second kappa shape index (κ2) is 22.5. The number of carbonyl (C=O) groups excluding carboxylic acids is 6. The minimum Gasteiger partial charge on any atom is -0.480 e. The van der Waals surface area contributed by atoms with Crippen LogP contribution in [0.2, 0.25) is 0 Å². The number of nitrogens with one attached hydrogen (secondary N) is 6. The van der Waals surface area contributed by atoms with Crippen molar-refractivity contribution in [3.63, 3.8) is 0 Å². The fourth-order valence-electron chi connectivity index (χ4n) is 5.14. The van der Waals surface area contributed by atoms with Crippen LogP contribution in [0, 0.1) is 17.8 Å². The molecule has 1 aromatic rings. The topological polar surface area (TPSA) is 278 Å². The van der Waals surface area contributed by atoms with Crippen LogP contribution in [0.5, 0.6) is 0 Å². The van der Waals surface area contributed by atoms with Gasteiger partial charge < -0.3 is 53.0 Å². The summed E-state index contributed by atoms with van der Waals surface area (Å²) in [5.41, 5.74) is 6.29. The second-order valence-corrected chi connectivity index (χ2v) is 14.1. The Balaban J connectivity index is 3.35. The summed E-state index contributed by atoms with van der Waals surface area (Å²) in [7, 11) is 0. The molecule has 6 amide bonds. The van der Waals surface area contributed by atoms with Crippen molar-refractivity contribution in [3.05, 3.63) is 35.9 Å². The minimum atomic E-state index is -1.60. The van der Waals surface area contributed by atoms with Gasteiger partial charge in [-0.3, -0.25) is 33.6 Å². The summed E-state index contributed by atoms with van der Waals surface area (Å²) in [5.74, 6) is -7.01. The predicted octanol–water partition coefficient (Wildman–Crippen LogP) is -1.31. The van der Waals surface area contributed by atoms with E-state index in [1.165, 1.54) is 13.8 Å². The molecule has 17 heteroatoms. The molecule has 298 valence electrons. The number of rotatable bonds is 22. The normalized spacial score (nSPS) is 16.4. The number of aliphatic hydroxyl groups excluding tert-OH is 2. The number of carboxylic acids is 1. The van der Waals surface area contributed by atoms with Crippen LogP contribution in [0.25, 0.3) is 0 Å². The van der Waals surface area contributed by atoms with Gasteiger partial charge in [-0.2, -0.15) is 0 Å². The van der Waals surface area contributed by atoms with Crippen LogP contribution in [-0.2, 0) is 40.0 Å². The van der Waals surface area contributed by atoms with Gasteiger partial charge in [-0.15, -0.1) is 0 Å². The van der Waals surface area contributed by atoms with E-state index in [9.17, 15) is 48.9 Å². The van der Waals surface area contributed by atoms with E-state index in [2.05, 4.69) is 31.9 Å². The molecule has 0 saturated heterocycles. The molecule has 0 aliphatic carbocycles. The first-order chi connectivity index (χ1) is 24.7. The zero-order valence-electron chi connectivity index (χ0n) is 31.8. The number of amides is 6. The highest BCUT2D eigenvalue weighted by Crippen LogP contribution is 2.12. The molecular formula is C36H59N7O10. The third kappa shape index (κ3) is 15.5. The van der Waals surface area contributed by atoms with E-state index in [-0.39, 0.29) is 18.8 Å². The molecule has 53 heavy (non-hydrogen) atoms. The predicted molar refractivity (Wildman–Crippen MR) is 196 cm³/mol. The molecule has 11 N–H and O–H groups in total. The summed E-state index contributed by atoms with van der Waals surface area (Å²) in [6, 6.07) is -0.232. The molecule has 0 radical (unpaired) electrons. The van der Waals surface area contributed by atoms with Gasteiger partial charge in [0.05, 0.1) is 12.7 Å². The first kappa shape index (κ1) is 46.4. The Hall–Kier alpha value is -4.61. The zero-order valence-corrected chi connectivity index (χ0v) is 31.8. The Morgan fingerprint density at radius 3 is 1.64 bits per heavy atom. The van der Waals surface area contributed by atoms with E-state index in [4.69, 9.17) is 5.73 Å². The summed E-state index contributed by atoms with van der Waals surface area (Å²) >= 11 is 0. The highest BCUT2D eigenvalue weighted by Gasteiger charge is 2.36. The van der Waals surface area contributed by atoms with E-state index in [1.54, 1.807) is 71.9 Å². The lowest BCUT2D eigenvalue weighted by atomic mass is 9.96. The van der Waals surface area contributed by atoms with Gasteiger partial charge in [-0.25, -0.2) is 0 Å². The minimum absolute atomic E-state index is 0.0403. The maximum Gasteiger partial charge on any atom is 0.325 e. The van der Waals surface area contributed by atoms with E-state index in [0.717, 1.165) is 0 Å². The van der Waals surface area contributed by atoms with Crippen molar-refractivity contribution in [2.24, 2.45) is 23.5 Å². The van der Waals surface area contributed by atoms with Crippen molar-refractivity contribution in [2.75, 3.05) is 6.61 Å². The molecule has 0 spiro atoms. The molecule has 0 aliphatic heterocycles. The monoisotopic (exact) mass is 749 g/mol. The average Bonchev–Trinajstić information content (AvgIpc) is 3.09. The van der Waals surface area contributed by atoms with Gasteiger partial charge >= 0.3 is 5.97 Å². The van der Waals surface area contributed by atoms with Gasteiger partial charge in [0.1, 0.15) is 42.3 Å². The van der Waals surface area contributed by atoms with E-state index < -0.39 is 108 Å². The van der Waals surface area contributed by atoms with Gasteiger partial charge in [0.2, 0.25) is 35.4 Å². The van der Waals surface area contributed by atoms with Crippen LogP contribution in [0.1, 0.15) is 73.8 Å². The second-order valence-electron chi connectivity index (χ2n) is 14.1. The highest BCUT2D eigenvalue weighted by molar-refractivity contribution is 5.97. The van der Waals surface area contributed by atoms with E-state index in [1.807, 2.05) is 0 Å². The van der Waals surface area contributed by atoms with Gasteiger partial charge in [0, 0.05) is 6.42 Å². The fourth-order valence-corrected chi connectivity index (χ4v) is 5.14. The number of carbonyl (C=O) groups is 7. The zero-order chi connectivity index (χ0) is 40.6. The maximum absolute atomic E-state index is 13.8. The Bertz CT molecular complexity index is 1390. The molecular weight excluding hydrogens is 690 g/mol. The number of aliphatic hydroxyl groups is 2. The molecule has 17 nitrogen and oxygen atoms in total. The Morgan fingerprint density at radius 2 is 1.15 bits per heavy atom. The van der Waals surface area contributed by atoms with Gasteiger partial charge in [0.25, 0.3) is 0 Å². The van der Waals surface area contributed by atoms with Crippen LogP contribution in [0.4, 0.5) is 0 Å². The Kier molecular flexibility index (Phi) is 19.7. The van der Waals surface area contributed by atoms with Crippen molar-refractivity contribution >= 4 is 41.4 Å². The van der Waals surface area contributed by atoms with Crippen molar-refractivity contribution in [1.29, 1.82) is 0 Å². The molecule has 0 bridgehead atoms. The SMILES string of the molecule is CCC(C)C(NC(=O)C(N)CO)C(=O)NC(Cc1ccccc1)C(=O)NC(C(=O)NC(CC(C)C)C(=O)NC(C(=O)NC(C)C(=O)O)C(C)C)C(C)O. The lowest BCUT2D eigenvalue weighted by Gasteiger charge is -2.30. The third-order valence-corrected chi connectivity index (χ3v) is 8.62. The number of aliphatic carboxylic acids is 1. The van der Waals surface area contributed by atoms with Crippen LogP contribution in [0.3, 0.4) is 0 Å². The maximum atomic E-state index is 13.8. The third-order valence-electron chi connectivity index (χ3n) is 8.62. The number of benzene rings is 1. The van der Waals surface area contributed by atoms with Gasteiger partial charge in [-0.05, 0) is 43.6 Å². The van der Waals surface area contributed by atoms with E-state index >= 15 is 0 Å². The first-order valence-electron chi connectivity index (χ1n) is 17.9. The summed E-state index contributed by atoms with van der Waals surface area (Å²) in [5, 5.41) is 44.3. The number of carboxylic acid groups (broad SMARTS) is 1. The average molecular weight is 750 g/mol. The van der Waals surface area contributed by atoms with Crippen LogP contribution in [0.15, 0.2) is 30.3 Å². The molecule has 1 aromatic carbocycles. The van der Waals surface area contributed by atoms with E-state index in [0.29, 0.717) is 12.0 Å². The lowest BCUT2D eigenvalue weighted by molar-refractivity contribution is -0.142. The van der Waals surface area contributed by atoms with Gasteiger partial charge in [-0.1, -0.05) is 78.3 Å². The number of hydrogen-bond acceptors (Lipinski definition) is 10. The van der Waals surface area contributed by atoms with Crippen molar-refractivity contribution in [2.45, 2.75) is 123 Å². The lowest BCUT2D eigenvalue weighted by Crippen LogP contribution is -2.62. The molecule has 0 aromatic heterocycles. The Morgan fingerprint density at radius 1 is 0.660 bits per heavy atom. The van der Waals surface area contributed by atoms with Crippen molar-refractivity contribution in [1.82, 2.24) is 31.9 Å². The molecule has 0 fully saturated rings. The summed E-state index contributed by atoms with van der Waals surface area (Å²) < 4.78 is 0. The molecule has 0 heterocycles. The Labute approximate surface area is 311 Å². The van der Waals surface area contributed by atoms with Crippen molar-refractivity contribution in [3.8, 4) is 0 Å². The van der Waals surface area contributed by atoms with Crippen LogP contribution >= 0.6 is 0 Å². The smallest absolute Gasteiger partial charge is 0.325 e. The van der Waals surface area contributed by atoms with Crippen LogP contribution in [-0.4, -0.2) is 112 Å². The van der Waals surface area contributed by atoms with Crippen LogP contribution < -0.4 is 37.6 Å². The summed E-state index contributed by atoms with van der Waals surface area (Å²) in [4.78, 5) is 91.3. The highest BCUT2D eigenvalue weighted by atomic mass is 16.4. The van der Waals surface area contributed by atoms with Gasteiger partial charge in [0.15, 0.2) is 0 Å². The number of hydrogen-bond donors (Lipinski definition) is 10. The molecule has 0 saturated carbocycles. The number of nitrogens with two attached hydrogens (primary N) is 1. The largest absolute Gasteiger partial charge is 0.480 e. The molecule has 0 aliphatic rings. The summed E-state index contributed by atoms with van der Waals surface area (Å²) in [6.07, 6.45) is -0.956.